The van der Waals surface area contributed by atoms with Crippen molar-refractivity contribution in [3.8, 4) is 0 Å². The molecule has 0 aliphatic carbocycles. The van der Waals surface area contributed by atoms with Gasteiger partial charge in [0.15, 0.2) is 0 Å². The Balaban J connectivity index is 2.58. The minimum absolute atomic E-state index is 0.0515. The van der Waals surface area contributed by atoms with Crippen molar-refractivity contribution in [1.29, 1.82) is 0 Å². The number of hydrogen-bond acceptors (Lipinski definition) is 3. The zero-order chi connectivity index (χ0) is 15.3. The number of amides is 2. The number of likely N-dealkylation sites (tertiary alicyclic amines) is 1. The van der Waals surface area contributed by atoms with Gasteiger partial charge in [0.25, 0.3) is 0 Å². The number of nitrogens with two attached hydrogens (primary N) is 1. The summed E-state index contributed by atoms with van der Waals surface area (Å²) in [6.45, 7) is 10.5. The zero-order valence-electron chi connectivity index (χ0n) is 13.3. The summed E-state index contributed by atoms with van der Waals surface area (Å²) < 4.78 is 0. The number of piperidine rings is 1. The molecule has 1 fully saturated rings. The monoisotopic (exact) mass is 283 g/mol. The van der Waals surface area contributed by atoms with Crippen LogP contribution in [0.15, 0.2) is 0 Å². The zero-order valence-corrected chi connectivity index (χ0v) is 13.3. The van der Waals surface area contributed by atoms with Crippen molar-refractivity contribution in [1.82, 2.24) is 9.80 Å². The van der Waals surface area contributed by atoms with E-state index in [9.17, 15) is 9.59 Å². The summed E-state index contributed by atoms with van der Waals surface area (Å²) in [4.78, 5) is 27.5. The number of rotatable bonds is 5. The summed E-state index contributed by atoms with van der Waals surface area (Å²) in [5.41, 5.74) is 5.96. The van der Waals surface area contributed by atoms with Crippen molar-refractivity contribution in [2.45, 2.75) is 46.6 Å². The molecule has 2 atom stereocenters. The molecule has 1 rings (SSSR count). The summed E-state index contributed by atoms with van der Waals surface area (Å²) >= 11 is 0. The van der Waals surface area contributed by atoms with E-state index < -0.39 is 6.04 Å². The van der Waals surface area contributed by atoms with Crippen LogP contribution in [0.5, 0.6) is 0 Å². The Kier molecular flexibility index (Phi) is 6.46. The number of carbonyl (C=O) groups is 2. The third kappa shape index (κ3) is 4.47. The van der Waals surface area contributed by atoms with Crippen LogP contribution in [0.4, 0.5) is 0 Å². The van der Waals surface area contributed by atoms with E-state index >= 15 is 0 Å². The van der Waals surface area contributed by atoms with Crippen molar-refractivity contribution in [2.75, 3.05) is 26.2 Å². The highest BCUT2D eigenvalue weighted by molar-refractivity contribution is 5.82. The molecule has 0 aromatic carbocycles. The van der Waals surface area contributed by atoms with Crippen molar-refractivity contribution in [2.24, 2.45) is 17.6 Å². The Labute approximate surface area is 122 Å². The Morgan fingerprint density at radius 3 is 2.55 bits per heavy atom. The lowest BCUT2D eigenvalue weighted by Crippen LogP contribution is -2.51. The molecule has 0 saturated carbocycles. The molecule has 1 unspecified atom stereocenters. The quantitative estimate of drug-likeness (QED) is 0.821. The highest BCUT2D eigenvalue weighted by Crippen LogP contribution is 2.19. The van der Waals surface area contributed by atoms with E-state index in [-0.39, 0.29) is 17.7 Å². The molecular formula is C15H29N3O2. The second-order valence-corrected chi connectivity index (χ2v) is 6.12. The van der Waals surface area contributed by atoms with Gasteiger partial charge >= 0.3 is 0 Å². The molecule has 5 nitrogen and oxygen atoms in total. The fourth-order valence-corrected chi connectivity index (χ4v) is 2.70. The molecule has 0 spiro atoms. The molecule has 0 aromatic rings. The van der Waals surface area contributed by atoms with Crippen LogP contribution in [0, 0.1) is 11.8 Å². The summed E-state index contributed by atoms with van der Waals surface area (Å²) in [5.74, 6) is 0.688. The maximum atomic E-state index is 12.3. The van der Waals surface area contributed by atoms with Gasteiger partial charge < -0.3 is 15.5 Å². The summed E-state index contributed by atoms with van der Waals surface area (Å²) in [5, 5.41) is 0. The SMILES string of the molecule is CCN(CC1CCCN(C(=O)[C@@H](N)C(C)C)C1)C(C)=O. The van der Waals surface area contributed by atoms with Gasteiger partial charge in [0.1, 0.15) is 0 Å². The predicted molar refractivity (Wildman–Crippen MR) is 80.0 cm³/mol. The molecule has 20 heavy (non-hydrogen) atoms. The van der Waals surface area contributed by atoms with E-state index in [4.69, 9.17) is 5.73 Å². The van der Waals surface area contributed by atoms with Gasteiger partial charge in [-0.2, -0.15) is 0 Å². The Morgan fingerprint density at radius 1 is 1.40 bits per heavy atom. The van der Waals surface area contributed by atoms with Gasteiger partial charge in [0.2, 0.25) is 11.8 Å². The number of carbonyl (C=O) groups excluding carboxylic acids is 2. The Hall–Kier alpha value is -1.10. The normalized spacial score (nSPS) is 20.9. The minimum Gasteiger partial charge on any atom is -0.343 e. The molecule has 0 aromatic heterocycles. The highest BCUT2D eigenvalue weighted by atomic mass is 16.2. The molecule has 2 N–H and O–H groups in total. The average Bonchev–Trinajstić information content (AvgIpc) is 2.42. The van der Waals surface area contributed by atoms with Gasteiger partial charge in [0, 0.05) is 33.1 Å². The van der Waals surface area contributed by atoms with Crippen LogP contribution in [-0.2, 0) is 9.59 Å². The summed E-state index contributed by atoms with van der Waals surface area (Å²) in [6.07, 6.45) is 2.07. The second kappa shape index (κ2) is 7.62. The lowest BCUT2D eigenvalue weighted by Gasteiger charge is -2.36. The topological polar surface area (TPSA) is 66.6 Å². The summed E-state index contributed by atoms with van der Waals surface area (Å²) in [6, 6.07) is -0.413. The molecule has 1 saturated heterocycles. The standard InChI is InChI=1S/C15H29N3O2/c1-5-17(12(4)19)9-13-7-6-8-18(10-13)15(20)14(16)11(2)3/h11,13-14H,5-10,16H2,1-4H3/t13?,14-/m0/s1. The van der Waals surface area contributed by atoms with Gasteiger partial charge in [-0.25, -0.2) is 0 Å². The van der Waals surface area contributed by atoms with Gasteiger partial charge in [-0.15, -0.1) is 0 Å². The van der Waals surface area contributed by atoms with Crippen molar-refractivity contribution in [3.05, 3.63) is 0 Å². The minimum atomic E-state index is -0.413. The first-order valence-corrected chi connectivity index (χ1v) is 7.66. The smallest absolute Gasteiger partial charge is 0.239 e. The van der Waals surface area contributed by atoms with Crippen molar-refractivity contribution < 1.29 is 9.59 Å². The van der Waals surface area contributed by atoms with Crippen LogP contribution in [0.2, 0.25) is 0 Å². The van der Waals surface area contributed by atoms with Crippen LogP contribution in [0.25, 0.3) is 0 Å². The van der Waals surface area contributed by atoms with Crippen LogP contribution in [0.3, 0.4) is 0 Å². The number of nitrogens with zero attached hydrogens (tertiary/aromatic N) is 2. The van der Waals surface area contributed by atoms with Crippen molar-refractivity contribution in [3.63, 3.8) is 0 Å². The first-order chi connectivity index (χ1) is 9.36. The largest absolute Gasteiger partial charge is 0.343 e. The molecule has 5 heteroatoms. The van der Waals surface area contributed by atoms with Crippen molar-refractivity contribution >= 4 is 11.8 Å². The van der Waals surface area contributed by atoms with E-state index in [0.29, 0.717) is 5.92 Å². The van der Waals surface area contributed by atoms with Gasteiger partial charge in [-0.1, -0.05) is 13.8 Å². The van der Waals surface area contributed by atoms with Gasteiger partial charge in [0.05, 0.1) is 6.04 Å². The van der Waals surface area contributed by atoms with Gasteiger partial charge in [-0.3, -0.25) is 9.59 Å². The Morgan fingerprint density at radius 2 is 2.05 bits per heavy atom. The fourth-order valence-electron chi connectivity index (χ4n) is 2.70. The van der Waals surface area contributed by atoms with E-state index in [1.165, 1.54) is 0 Å². The second-order valence-electron chi connectivity index (χ2n) is 6.12. The Bertz CT molecular complexity index is 344. The maximum absolute atomic E-state index is 12.3. The molecule has 0 radical (unpaired) electrons. The third-order valence-corrected chi connectivity index (χ3v) is 4.14. The van der Waals surface area contributed by atoms with Crippen LogP contribution in [-0.4, -0.2) is 53.8 Å². The highest BCUT2D eigenvalue weighted by Gasteiger charge is 2.29. The first-order valence-electron chi connectivity index (χ1n) is 7.66. The van der Waals surface area contributed by atoms with E-state index in [0.717, 1.165) is 39.0 Å². The molecule has 1 aliphatic rings. The number of hydrogen-bond donors (Lipinski definition) is 1. The lowest BCUT2D eigenvalue weighted by atomic mass is 9.95. The molecule has 1 heterocycles. The van der Waals surface area contributed by atoms with Gasteiger partial charge in [-0.05, 0) is 31.6 Å². The van der Waals surface area contributed by atoms with E-state index in [1.54, 1.807) is 6.92 Å². The lowest BCUT2D eigenvalue weighted by molar-refractivity contribution is -0.135. The van der Waals surface area contributed by atoms with Crippen LogP contribution < -0.4 is 5.73 Å². The van der Waals surface area contributed by atoms with Crippen LogP contribution >= 0.6 is 0 Å². The average molecular weight is 283 g/mol. The van der Waals surface area contributed by atoms with Crippen LogP contribution in [0.1, 0.15) is 40.5 Å². The first kappa shape index (κ1) is 17.0. The predicted octanol–water partition coefficient (Wildman–Crippen LogP) is 1.08. The molecule has 2 amide bonds. The molecule has 116 valence electrons. The van der Waals surface area contributed by atoms with E-state index in [2.05, 4.69) is 0 Å². The third-order valence-electron chi connectivity index (χ3n) is 4.14. The fraction of sp³-hybridized carbons (Fsp3) is 0.867. The van der Waals surface area contributed by atoms with E-state index in [1.807, 2.05) is 30.6 Å². The maximum Gasteiger partial charge on any atom is 0.239 e. The molecular weight excluding hydrogens is 254 g/mol. The summed E-state index contributed by atoms with van der Waals surface area (Å²) in [7, 11) is 0. The molecule has 0 bridgehead atoms. The molecule has 1 aliphatic heterocycles.